The number of ether oxygens (including phenoxy) is 4. The van der Waals surface area contributed by atoms with Crippen LogP contribution in [0.4, 0.5) is 4.79 Å². The Balaban J connectivity index is 1.39. The van der Waals surface area contributed by atoms with E-state index in [1.165, 1.54) is 6.92 Å². The minimum atomic E-state index is -1.46. The summed E-state index contributed by atoms with van der Waals surface area (Å²) in [4.78, 5) is 51.0. The number of esters is 3. The van der Waals surface area contributed by atoms with Gasteiger partial charge in [0.15, 0.2) is 6.10 Å². The summed E-state index contributed by atoms with van der Waals surface area (Å²) in [5.74, 6) is -2.70. The van der Waals surface area contributed by atoms with Crippen molar-refractivity contribution in [3.63, 3.8) is 0 Å². The molecular weight excluding hydrogens is 538 g/mol. The molecule has 0 heterocycles. The molecule has 0 aliphatic heterocycles. The van der Waals surface area contributed by atoms with Crippen molar-refractivity contribution in [3.8, 4) is 11.1 Å². The Morgan fingerprint density at radius 3 is 1.95 bits per heavy atom. The van der Waals surface area contributed by atoms with Crippen LogP contribution in [0.25, 0.3) is 11.1 Å². The van der Waals surface area contributed by atoms with Gasteiger partial charge in [0.1, 0.15) is 24.9 Å². The third kappa shape index (κ3) is 7.96. The highest BCUT2D eigenvalue weighted by atomic mass is 16.6. The number of amides is 1. The number of rotatable bonds is 10. The van der Waals surface area contributed by atoms with Crippen molar-refractivity contribution in [2.75, 3.05) is 6.61 Å². The Hall–Kier alpha value is -4.66. The fourth-order valence-corrected chi connectivity index (χ4v) is 4.68. The summed E-state index contributed by atoms with van der Waals surface area (Å²) >= 11 is 0. The Labute approximate surface area is 245 Å². The number of benzene rings is 3. The highest BCUT2D eigenvalue weighted by molar-refractivity contribution is 5.88. The first kappa shape index (κ1) is 30.3. The number of carbonyl (C=O) groups excluding carboxylic acids is 4. The van der Waals surface area contributed by atoms with E-state index in [-0.39, 0.29) is 19.1 Å². The van der Waals surface area contributed by atoms with Gasteiger partial charge in [-0.25, -0.2) is 14.4 Å². The predicted molar refractivity (Wildman–Crippen MR) is 154 cm³/mol. The normalized spacial score (nSPS) is 13.6. The Morgan fingerprint density at radius 1 is 0.786 bits per heavy atom. The van der Waals surface area contributed by atoms with Gasteiger partial charge in [0.2, 0.25) is 0 Å². The molecule has 0 unspecified atom stereocenters. The van der Waals surface area contributed by atoms with Crippen LogP contribution in [0.1, 0.15) is 56.7 Å². The van der Waals surface area contributed by atoms with Gasteiger partial charge in [-0.3, -0.25) is 4.79 Å². The molecule has 0 bridgehead atoms. The van der Waals surface area contributed by atoms with E-state index in [0.29, 0.717) is 0 Å². The van der Waals surface area contributed by atoms with E-state index in [1.807, 2.05) is 66.7 Å². The molecular formula is C33H35NO8. The van der Waals surface area contributed by atoms with Crippen molar-refractivity contribution in [1.29, 1.82) is 0 Å². The summed E-state index contributed by atoms with van der Waals surface area (Å²) in [5.41, 5.74) is 4.15. The second-order valence-corrected chi connectivity index (χ2v) is 11.0. The number of hydrogen-bond donors (Lipinski definition) is 1. The van der Waals surface area contributed by atoms with Crippen LogP contribution in [-0.2, 0) is 39.9 Å². The molecule has 4 rings (SSSR count). The lowest BCUT2D eigenvalue weighted by atomic mass is 9.98. The van der Waals surface area contributed by atoms with Crippen LogP contribution >= 0.6 is 0 Å². The first-order valence-corrected chi connectivity index (χ1v) is 13.8. The lowest BCUT2D eigenvalue weighted by molar-refractivity contribution is -0.170. The molecule has 3 aromatic rings. The molecule has 1 aliphatic rings. The number of fused-ring (bicyclic) bond motifs is 3. The van der Waals surface area contributed by atoms with E-state index < -0.39 is 48.2 Å². The average Bonchev–Trinajstić information content (AvgIpc) is 3.27. The van der Waals surface area contributed by atoms with E-state index in [1.54, 1.807) is 32.9 Å². The smallest absolute Gasteiger partial charge is 0.407 e. The molecule has 0 radical (unpaired) electrons. The number of carbonyl (C=O) groups is 4. The van der Waals surface area contributed by atoms with Crippen LogP contribution < -0.4 is 5.32 Å². The molecule has 9 heteroatoms. The van der Waals surface area contributed by atoms with Crippen molar-refractivity contribution in [1.82, 2.24) is 5.32 Å². The fraction of sp³-hybridized carbons (Fsp3) is 0.333. The maximum Gasteiger partial charge on any atom is 0.407 e. The van der Waals surface area contributed by atoms with Crippen LogP contribution in [0.15, 0.2) is 78.9 Å². The molecule has 0 aromatic heterocycles. The van der Waals surface area contributed by atoms with Crippen molar-refractivity contribution < 1.29 is 38.1 Å². The van der Waals surface area contributed by atoms with Crippen LogP contribution in [0.5, 0.6) is 0 Å². The van der Waals surface area contributed by atoms with Crippen molar-refractivity contribution >= 4 is 24.0 Å². The molecule has 1 amide bonds. The number of alkyl carbamates (subject to hydrolysis) is 1. The lowest BCUT2D eigenvalue weighted by Gasteiger charge is -2.23. The largest absolute Gasteiger partial charge is 0.460 e. The number of nitrogens with one attached hydrogen (secondary N) is 1. The molecule has 0 spiro atoms. The second kappa shape index (κ2) is 13.3. The third-order valence-electron chi connectivity index (χ3n) is 6.56. The maximum atomic E-state index is 13.0. The van der Waals surface area contributed by atoms with Gasteiger partial charge in [-0.15, -0.1) is 0 Å². The van der Waals surface area contributed by atoms with Gasteiger partial charge in [-0.05, 0) is 55.5 Å². The summed E-state index contributed by atoms with van der Waals surface area (Å²) in [6, 6.07) is 23.4. The summed E-state index contributed by atoms with van der Waals surface area (Å²) in [7, 11) is 0. The highest BCUT2D eigenvalue weighted by Gasteiger charge is 2.33. The molecule has 42 heavy (non-hydrogen) atoms. The monoisotopic (exact) mass is 573 g/mol. The molecule has 2 atom stereocenters. The van der Waals surface area contributed by atoms with Gasteiger partial charge in [-0.1, -0.05) is 78.9 Å². The predicted octanol–water partition coefficient (Wildman–Crippen LogP) is 5.30. The zero-order valence-corrected chi connectivity index (χ0v) is 24.1. The van der Waals surface area contributed by atoms with Crippen molar-refractivity contribution in [2.24, 2.45) is 0 Å². The molecule has 1 aliphatic carbocycles. The zero-order valence-electron chi connectivity index (χ0n) is 24.1. The van der Waals surface area contributed by atoms with Gasteiger partial charge in [-0.2, -0.15) is 0 Å². The van der Waals surface area contributed by atoms with Gasteiger partial charge in [0.05, 0.1) is 6.42 Å². The van der Waals surface area contributed by atoms with Crippen LogP contribution in [0, 0.1) is 0 Å². The molecule has 220 valence electrons. The Bertz CT molecular complexity index is 1380. The van der Waals surface area contributed by atoms with E-state index in [2.05, 4.69) is 5.32 Å². The Morgan fingerprint density at radius 2 is 1.36 bits per heavy atom. The highest BCUT2D eigenvalue weighted by Crippen LogP contribution is 2.44. The molecule has 9 nitrogen and oxygen atoms in total. The van der Waals surface area contributed by atoms with Gasteiger partial charge in [0.25, 0.3) is 0 Å². The SMILES string of the molecule is C[C@H](OC(=O)[C@H](CC(=O)OC(C)(C)C)NC(=O)OCC1c2ccccc2-c2ccccc21)C(=O)OCc1ccccc1. The third-order valence-corrected chi connectivity index (χ3v) is 6.56. The second-order valence-electron chi connectivity index (χ2n) is 11.0. The quantitative estimate of drug-likeness (QED) is 0.257. The average molecular weight is 574 g/mol. The van der Waals surface area contributed by atoms with E-state index in [4.69, 9.17) is 18.9 Å². The van der Waals surface area contributed by atoms with E-state index in [0.717, 1.165) is 27.8 Å². The van der Waals surface area contributed by atoms with Crippen molar-refractivity contribution in [3.05, 3.63) is 95.6 Å². The Kier molecular flexibility index (Phi) is 9.62. The van der Waals surface area contributed by atoms with Crippen LogP contribution in [0.3, 0.4) is 0 Å². The first-order chi connectivity index (χ1) is 20.0. The van der Waals surface area contributed by atoms with E-state index in [9.17, 15) is 19.2 Å². The minimum Gasteiger partial charge on any atom is -0.460 e. The molecule has 0 fully saturated rings. The summed E-state index contributed by atoms with van der Waals surface area (Å²) < 4.78 is 21.4. The fourth-order valence-electron chi connectivity index (χ4n) is 4.68. The van der Waals surface area contributed by atoms with Gasteiger partial charge < -0.3 is 24.3 Å². The standard InChI is InChI=1S/C33H35NO8/c1-21(30(36)39-19-22-12-6-5-7-13-22)41-31(37)28(18-29(35)42-33(2,3)4)34-32(38)40-20-27-25-16-10-8-14-23(25)24-15-9-11-17-26(24)27/h5-17,21,27-28H,18-20H2,1-4H3,(H,34,38)/t21-,28-/m0/s1. The molecule has 0 saturated heterocycles. The van der Waals surface area contributed by atoms with Crippen LogP contribution in [-0.4, -0.2) is 48.4 Å². The molecule has 1 N–H and O–H groups in total. The van der Waals surface area contributed by atoms with Gasteiger partial charge in [0, 0.05) is 5.92 Å². The van der Waals surface area contributed by atoms with Gasteiger partial charge >= 0.3 is 24.0 Å². The summed E-state index contributed by atoms with van der Waals surface area (Å²) in [6.07, 6.45) is -2.72. The maximum absolute atomic E-state index is 13.0. The topological polar surface area (TPSA) is 117 Å². The van der Waals surface area contributed by atoms with E-state index >= 15 is 0 Å². The number of hydrogen-bond acceptors (Lipinski definition) is 8. The first-order valence-electron chi connectivity index (χ1n) is 13.8. The lowest BCUT2D eigenvalue weighted by Crippen LogP contribution is -2.46. The van der Waals surface area contributed by atoms with Crippen molar-refractivity contribution in [2.45, 2.75) is 64.4 Å². The molecule has 3 aromatic carbocycles. The molecule has 0 saturated carbocycles. The van der Waals surface area contributed by atoms with Crippen LogP contribution in [0.2, 0.25) is 0 Å². The summed E-state index contributed by atoms with van der Waals surface area (Å²) in [5, 5.41) is 2.42. The zero-order chi connectivity index (χ0) is 30.3. The minimum absolute atomic E-state index is 0.000894. The summed E-state index contributed by atoms with van der Waals surface area (Å²) in [6.45, 7) is 6.41.